The van der Waals surface area contributed by atoms with Gasteiger partial charge in [0.1, 0.15) is 0 Å². The van der Waals surface area contributed by atoms with Gasteiger partial charge < -0.3 is 25.4 Å². The van der Waals surface area contributed by atoms with Gasteiger partial charge in [0.15, 0.2) is 11.5 Å². The summed E-state index contributed by atoms with van der Waals surface area (Å²) in [5.41, 5.74) is 3.97. The number of hydrogen-bond donors (Lipinski definition) is 3. The maximum absolute atomic E-state index is 12.8. The first-order valence-electron chi connectivity index (χ1n) is 10.5. The average Bonchev–Trinajstić information content (AvgIpc) is 3.11. The van der Waals surface area contributed by atoms with Gasteiger partial charge in [0.05, 0.1) is 37.4 Å². The van der Waals surface area contributed by atoms with Gasteiger partial charge in [0.25, 0.3) is 5.91 Å². The fraction of sp³-hybridized carbons (Fsp3) is 0.348. The van der Waals surface area contributed by atoms with E-state index in [1.807, 2.05) is 6.92 Å². The zero-order valence-electron chi connectivity index (χ0n) is 19.5. The molecule has 1 heterocycles. The third kappa shape index (κ3) is 5.23. The maximum Gasteiger partial charge on any atom is 0.258 e. The lowest BCUT2D eigenvalue weighted by atomic mass is 10.0. The van der Waals surface area contributed by atoms with E-state index in [2.05, 4.69) is 16.0 Å². The molecule has 0 radical (unpaired) electrons. The molecule has 1 aliphatic heterocycles. The molecule has 0 saturated carbocycles. The van der Waals surface area contributed by atoms with Gasteiger partial charge in [-0.15, -0.1) is 0 Å². The average molecular weight is 475 g/mol. The molecule has 0 unspecified atom stereocenters. The first kappa shape index (κ1) is 24.4. The number of methoxy groups -OCH3 is 2. The normalized spacial score (nSPS) is 14.4. The number of anilines is 3. The number of amides is 1. The van der Waals surface area contributed by atoms with E-state index >= 15 is 0 Å². The highest BCUT2D eigenvalue weighted by molar-refractivity contribution is 7.92. The maximum atomic E-state index is 12.8. The third-order valence-electron chi connectivity index (χ3n) is 5.34. The molecule has 1 amide bonds. The second kappa shape index (κ2) is 10.1. The Bertz CT molecular complexity index is 1160. The molecule has 3 rings (SSSR count). The van der Waals surface area contributed by atoms with Crippen LogP contribution < -0.4 is 29.7 Å². The van der Waals surface area contributed by atoms with E-state index in [0.29, 0.717) is 48.0 Å². The summed E-state index contributed by atoms with van der Waals surface area (Å²) in [5.74, 6) is 0.859. The molecule has 0 spiro atoms. The van der Waals surface area contributed by atoms with Crippen molar-refractivity contribution in [1.82, 2.24) is 5.32 Å². The molecule has 178 valence electrons. The van der Waals surface area contributed by atoms with E-state index in [1.54, 1.807) is 57.7 Å². The minimum absolute atomic E-state index is 0.211. The van der Waals surface area contributed by atoms with Crippen LogP contribution >= 0.6 is 0 Å². The summed E-state index contributed by atoms with van der Waals surface area (Å²) >= 11 is 0. The molecule has 0 aromatic heterocycles. The Morgan fingerprint density at radius 3 is 2.27 bits per heavy atom. The molecule has 10 heteroatoms. The molecule has 1 aliphatic rings. The van der Waals surface area contributed by atoms with Gasteiger partial charge in [-0.2, -0.15) is 0 Å². The quantitative estimate of drug-likeness (QED) is 0.454. The third-order valence-corrected chi connectivity index (χ3v) is 6.53. The first-order valence-corrected chi connectivity index (χ1v) is 12.4. The van der Waals surface area contributed by atoms with Crippen LogP contribution in [0.5, 0.6) is 11.5 Å². The lowest BCUT2D eigenvalue weighted by Crippen LogP contribution is -2.35. The van der Waals surface area contributed by atoms with Gasteiger partial charge in [0.2, 0.25) is 10.0 Å². The fourth-order valence-corrected chi connectivity index (χ4v) is 4.64. The number of rotatable bonds is 10. The van der Waals surface area contributed by atoms with Crippen molar-refractivity contribution in [2.24, 2.45) is 0 Å². The van der Waals surface area contributed by atoms with Crippen molar-refractivity contribution in [3.8, 4) is 11.5 Å². The Hall–Kier alpha value is -3.24. The summed E-state index contributed by atoms with van der Waals surface area (Å²) in [6.07, 6.45) is 1.77. The number of hydrogen-bond acceptors (Lipinski definition) is 7. The summed E-state index contributed by atoms with van der Waals surface area (Å²) in [7, 11) is 1.46. The number of benzene rings is 2. The minimum atomic E-state index is -3.41. The van der Waals surface area contributed by atoms with E-state index in [1.165, 1.54) is 10.6 Å². The molecular formula is C23H30N4O5S. The van der Waals surface area contributed by atoms with Crippen molar-refractivity contribution in [2.75, 3.05) is 55.6 Å². The number of carbonyl (C=O) groups is 1. The second-order valence-corrected chi connectivity index (χ2v) is 9.43. The van der Waals surface area contributed by atoms with Gasteiger partial charge in [-0.1, -0.05) is 6.92 Å². The van der Waals surface area contributed by atoms with Crippen LogP contribution in [0.3, 0.4) is 0 Å². The van der Waals surface area contributed by atoms with E-state index < -0.39 is 10.0 Å². The Morgan fingerprint density at radius 1 is 1.09 bits per heavy atom. The summed E-state index contributed by atoms with van der Waals surface area (Å²) < 4.78 is 36.5. The Balaban J connectivity index is 1.94. The molecule has 3 N–H and O–H groups in total. The number of ether oxygens (including phenoxy) is 2. The predicted molar refractivity (Wildman–Crippen MR) is 132 cm³/mol. The van der Waals surface area contributed by atoms with Crippen LogP contribution in [0.2, 0.25) is 0 Å². The SMILES string of the molecule is CC/C(Nc1ccc(N(CCNC)S(C)(=O)=O)cc1)=C1/C(=O)Nc2cc(OC)c(OC)cc21. The van der Waals surface area contributed by atoms with Crippen molar-refractivity contribution < 1.29 is 22.7 Å². The van der Waals surface area contributed by atoms with E-state index in [4.69, 9.17) is 9.47 Å². The topological polar surface area (TPSA) is 109 Å². The fourth-order valence-electron chi connectivity index (χ4n) is 3.71. The van der Waals surface area contributed by atoms with Crippen molar-refractivity contribution >= 4 is 38.6 Å². The molecule has 33 heavy (non-hydrogen) atoms. The highest BCUT2D eigenvalue weighted by Crippen LogP contribution is 2.42. The van der Waals surface area contributed by atoms with E-state index in [9.17, 15) is 13.2 Å². The second-order valence-electron chi connectivity index (χ2n) is 7.52. The molecule has 0 atom stereocenters. The lowest BCUT2D eigenvalue weighted by molar-refractivity contribution is -0.110. The Morgan fingerprint density at radius 2 is 1.73 bits per heavy atom. The van der Waals surface area contributed by atoms with Crippen LogP contribution in [0.4, 0.5) is 17.1 Å². The Labute approximate surface area is 194 Å². The number of allylic oxidation sites excluding steroid dienone is 1. The number of likely N-dealkylation sites (N-methyl/N-ethyl adjacent to an activating group) is 1. The summed E-state index contributed by atoms with van der Waals surface area (Å²) in [6.45, 7) is 2.81. The van der Waals surface area contributed by atoms with Crippen LogP contribution in [-0.4, -0.2) is 54.9 Å². The molecule has 2 aromatic rings. The van der Waals surface area contributed by atoms with Crippen LogP contribution in [0, 0.1) is 0 Å². The smallest absolute Gasteiger partial charge is 0.258 e. The molecule has 0 aliphatic carbocycles. The number of fused-ring (bicyclic) bond motifs is 1. The molecule has 0 saturated heterocycles. The molecular weight excluding hydrogens is 444 g/mol. The van der Waals surface area contributed by atoms with Crippen LogP contribution in [-0.2, 0) is 14.8 Å². The number of nitrogens with zero attached hydrogens (tertiary/aromatic N) is 1. The van der Waals surface area contributed by atoms with Crippen molar-refractivity contribution in [2.45, 2.75) is 13.3 Å². The van der Waals surface area contributed by atoms with Crippen molar-refractivity contribution in [1.29, 1.82) is 0 Å². The van der Waals surface area contributed by atoms with E-state index in [0.717, 1.165) is 16.9 Å². The monoisotopic (exact) mass is 474 g/mol. The first-order chi connectivity index (χ1) is 15.7. The number of sulfonamides is 1. The van der Waals surface area contributed by atoms with Gasteiger partial charge >= 0.3 is 0 Å². The predicted octanol–water partition coefficient (Wildman–Crippen LogP) is 2.87. The minimum Gasteiger partial charge on any atom is -0.493 e. The lowest BCUT2D eigenvalue weighted by Gasteiger charge is -2.22. The van der Waals surface area contributed by atoms with Gasteiger partial charge in [-0.3, -0.25) is 9.10 Å². The van der Waals surface area contributed by atoms with Crippen LogP contribution in [0.15, 0.2) is 42.1 Å². The molecule has 0 bridgehead atoms. The van der Waals surface area contributed by atoms with Gasteiger partial charge in [-0.05, 0) is 43.8 Å². The largest absolute Gasteiger partial charge is 0.493 e. The highest BCUT2D eigenvalue weighted by Gasteiger charge is 2.29. The Kier molecular flexibility index (Phi) is 7.50. The highest BCUT2D eigenvalue weighted by atomic mass is 32.2. The summed E-state index contributed by atoms with van der Waals surface area (Å²) in [6, 6.07) is 10.6. The summed E-state index contributed by atoms with van der Waals surface area (Å²) in [5, 5.41) is 9.17. The van der Waals surface area contributed by atoms with Crippen molar-refractivity contribution in [3.63, 3.8) is 0 Å². The molecule has 0 fully saturated rings. The van der Waals surface area contributed by atoms with Crippen LogP contribution in [0.1, 0.15) is 18.9 Å². The van der Waals surface area contributed by atoms with Crippen molar-refractivity contribution in [3.05, 3.63) is 47.7 Å². The summed E-state index contributed by atoms with van der Waals surface area (Å²) in [4.78, 5) is 12.8. The number of carbonyl (C=O) groups excluding carboxylic acids is 1. The zero-order chi connectivity index (χ0) is 24.2. The van der Waals surface area contributed by atoms with Crippen LogP contribution in [0.25, 0.3) is 5.57 Å². The van der Waals surface area contributed by atoms with Gasteiger partial charge in [-0.25, -0.2) is 8.42 Å². The number of nitrogens with one attached hydrogen (secondary N) is 3. The molecule has 9 nitrogen and oxygen atoms in total. The standard InChI is InChI=1S/C23H30N4O5S/c1-6-18(22-17-13-20(31-3)21(32-4)14-19(17)26-23(22)28)25-15-7-9-16(10-8-15)27(12-11-24-2)33(5,29)30/h7-10,13-14,24-25H,6,11-12H2,1-5H3,(H,26,28)/b22-18-. The zero-order valence-corrected chi connectivity index (χ0v) is 20.3. The molecule has 2 aromatic carbocycles. The van der Waals surface area contributed by atoms with Gasteiger partial charge in [0, 0.05) is 36.1 Å². The van der Waals surface area contributed by atoms with E-state index in [-0.39, 0.29) is 5.91 Å².